The lowest BCUT2D eigenvalue weighted by atomic mass is 9.74. The Hall–Kier alpha value is -2.25. The molecule has 12 atom stereocenters. The lowest BCUT2D eigenvalue weighted by molar-refractivity contribution is -0.294. The van der Waals surface area contributed by atoms with Gasteiger partial charge >= 0.3 is 12.1 Å². The Balaban J connectivity index is 1.76. The van der Waals surface area contributed by atoms with Crippen molar-refractivity contribution in [3.8, 4) is 0 Å². The summed E-state index contributed by atoms with van der Waals surface area (Å²) in [5.41, 5.74) is -1.23. The van der Waals surface area contributed by atoms with E-state index in [1.165, 1.54) is 0 Å². The Kier molecular flexibility index (Phi) is 13.9. The Morgan fingerprint density at radius 2 is 1.75 bits per heavy atom. The molecule has 0 spiro atoms. The van der Waals surface area contributed by atoms with Crippen molar-refractivity contribution in [1.82, 2.24) is 9.80 Å². The number of hydrogen-bond acceptors (Lipinski definition) is 10. The molecule has 0 aromatic heterocycles. The fourth-order valence-electron chi connectivity index (χ4n) is 8.56. The molecular weight excluding hydrogens is 711 g/mol. The highest BCUT2D eigenvalue weighted by atomic mass is 35.5. The van der Waals surface area contributed by atoms with E-state index in [9.17, 15) is 19.5 Å². The summed E-state index contributed by atoms with van der Waals surface area (Å²) in [6.07, 6.45) is -0.945. The van der Waals surface area contributed by atoms with Crippen LogP contribution >= 0.6 is 23.2 Å². The van der Waals surface area contributed by atoms with Gasteiger partial charge in [0.2, 0.25) is 0 Å². The number of halogens is 2. The summed E-state index contributed by atoms with van der Waals surface area (Å²) >= 11 is 12.4. The Labute approximate surface area is 319 Å². The van der Waals surface area contributed by atoms with Crippen LogP contribution in [0.15, 0.2) is 29.8 Å². The van der Waals surface area contributed by atoms with Crippen LogP contribution < -0.4 is 0 Å². The predicted molar refractivity (Wildman–Crippen MR) is 199 cm³/mol. The van der Waals surface area contributed by atoms with E-state index in [1.807, 2.05) is 59.7 Å². The quantitative estimate of drug-likeness (QED) is 0.294. The number of ketones is 1. The molecule has 3 aliphatic heterocycles. The van der Waals surface area contributed by atoms with Gasteiger partial charge in [0.15, 0.2) is 11.9 Å². The normalized spacial score (nSPS) is 39.0. The summed E-state index contributed by atoms with van der Waals surface area (Å²) in [6, 6.07) is 4.33. The maximum absolute atomic E-state index is 14.6. The average Bonchev–Trinajstić information content (AvgIpc) is 3.35. The number of rotatable bonds is 8. The predicted octanol–water partition coefficient (Wildman–Crippen LogP) is 6.48. The lowest BCUT2D eigenvalue weighted by Gasteiger charge is -2.47. The zero-order chi connectivity index (χ0) is 38.9. The minimum absolute atomic E-state index is 0.107. The summed E-state index contributed by atoms with van der Waals surface area (Å²) in [6.45, 7) is 14.9. The number of nitrogens with zero attached hydrogens (tertiary/aromatic N) is 2. The van der Waals surface area contributed by atoms with Crippen molar-refractivity contribution in [3.63, 3.8) is 0 Å². The van der Waals surface area contributed by atoms with E-state index in [-0.39, 0.29) is 30.9 Å². The van der Waals surface area contributed by atoms with Crippen LogP contribution in [0.1, 0.15) is 80.2 Å². The standard InChI is InChI=1S/C39H58Cl2N2O9/c1-12-30-39(8)33(43(37(47)52-39)16-15-26-13-14-27(40)28(41)19-26)25(6)31(44)23(4)20-38(7,48-11)34(21(2)17-22(3)35(46)50-30)51-36-32(45)29(42(9)10)18-24(5)49-36/h13-14,17,19,21,23-25,29-30,32-34,36,45H,12,15-16,18,20H2,1-11H3/b22-17+/t21-,23+,24+,25-,29-,30+,32+,33+,34+,36-,38+,39+/m0/s1. The van der Waals surface area contributed by atoms with Gasteiger partial charge in [-0.2, -0.15) is 0 Å². The second-order valence-electron chi connectivity index (χ2n) is 15.6. The summed E-state index contributed by atoms with van der Waals surface area (Å²) < 4.78 is 31.4. The number of fused-ring (bicyclic) bond motifs is 1. The molecule has 4 rings (SSSR count). The summed E-state index contributed by atoms with van der Waals surface area (Å²) in [7, 11) is 5.38. The first-order valence-electron chi connectivity index (χ1n) is 18.3. The number of cyclic esters (lactones) is 1. The minimum atomic E-state index is -1.34. The highest BCUT2D eigenvalue weighted by Gasteiger charge is 2.60. The number of likely N-dealkylation sites (N-methyl/N-ethyl adjacent to an activating group) is 1. The number of esters is 1. The molecule has 1 amide bonds. The molecule has 13 heteroatoms. The van der Waals surface area contributed by atoms with Gasteiger partial charge in [0, 0.05) is 43.0 Å². The number of aliphatic hydroxyl groups excluding tert-OH is 1. The molecule has 0 unspecified atom stereocenters. The molecule has 3 aliphatic rings. The number of aliphatic hydroxyl groups is 1. The smallest absolute Gasteiger partial charge is 0.410 e. The molecule has 11 nitrogen and oxygen atoms in total. The molecule has 0 radical (unpaired) electrons. The number of amides is 1. The number of carbonyl (C=O) groups is 3. The fourth-order valence-corrected chi connectivity index (χ4v) is 8.88. The van der Waals surface area contributed by atoms with Crippen LogP contribution in [0.25, 0.3) is 0 Å². The molecule has 1 aromatic carbocycles. The molecule has 1 N–H and O–H groups in total. The van der Waals surface area contributed by atoms with E-state index in [2.05, 4.69) is 0 Å². The Morgan fingerprint density at radius 1 is 1.08 bits per heavy atom. The van der Waals surface area contributed by atoms with Gasteiger partial charge in [0.25, 0.3) is 0 Å². The fraction of sp³-hybridized carbons (Fsp3) is 0.718. The van der Waals surface area contributed by atoms with Gasteiger partial charge in [-0.25, -0.2) is 9.59 Å². The van der Waals surface area contributed by atoms with Crippen molar-refractivity contribution in [3.05, 3.63) is 45.5 Å². The molecule has 0 aliphatic carbocycles. The number of hydrogen-bond donors (Lipinski definition) is 1. The van der Waals surface area contributed by atoms with E-state index in [0.29, 0.717) is 34.9 Å². The second kappa shape index (κ2) is 17.0. The molecule has 1 aromatic rings. The molecule has 52 heavy (non-hydrogen) atoms. The van der Waals surface area contributed by atoms with Crippen LogP contribution in [0.4, 0.5) is 4.79 Å². The van der Waals surface area contributed by atoms with Crippen molar-refractivity contribution in [2.75, 3.05) is 27.7 Å². The average molecular weight is 770 g/mol. The van der Waals surface area contributed by atoms with E-state index >= 15 is 0 Å². The van der Waals surface area contributed by atoms with E-state index in [0.717, 1.165) is 5.56 Å². The maximum Gasteiger partial charge on any atom is 0.410 e. The zero-order valence-corrected chi connectivity index (χ0v) is 34.0. The third kappa shape index (κ3) is 8.82. The monoisotopic (exact) mass is 768 g/mol. The topological polar surface area (TPSA) is 124 Å². The number of methoxy groups -OCH3 is 1. The number of carbonyl (C=O) groups excluding carboxylic acids is 3. The van der Waals surface area contributed by atoms with Gasteiger partial charge in [-0.15, -0.1) is 0 Å². The van der Waals surface area contributed by atoms with Crippen molar-refractivity contribution < 1.29 is 43.2 Å². The van der Waals surface area contributed by atoms with Crippen molar-refractivity contribution >= 4 is 41.0 Å². The van der Waals surface area contributed by atoms with Crippen molar-refractivity contribution in [2.45, 2.75) is 135 Å². The minimum Gasteiger partial charge on any atom is -0.455 e. The molecule has 292 valence electrons. The molecule has 0 saturated carbocycles. The second-order valence-corrected chi connectivity index (χ2v) is 16.5. The SMILES string of the molecule is CC[C@H]1OC(=O)/C(C)=C/[C@H](C)[C@@H](O[C@@H]2O[C@H](C)C[C@H](N(C)C)[C@H]2O)[C@](C)(OC)C[C@@H](C)C(=O)[C@H](C)[C@H]2N(CCc3ccc(Cl)c(Cl)c3)C(=O)O[C@]12C. The van der Waals surface area contributed by atoms with Crippen LogP contribution in [0, 0.1) is 17.8 Å². The molecular formula is C39H58Cl2N2O9. The first kappa shape index (κ1) is 42.5. The highest BCUT2D eigenvalue weighted by Crippen LogP contribution is 2.43. The third-order valence-corrected chi connectivity index (χ3v) is 12.1. The third-order valence-electron chi connectivity index (χ3n) is 11.4. The number of benzene rings is 1. The highest BCUT2D eigenvalue weighted by molar-refractivity contribution is 6.42. The van der Waals surface area contributed by atoms with Gasteiger partial charge in [-0.3, -0.25) is 9.69 Å². The molecule has 3 heterocycles. The van der Waals surface area contributed by atoms with Gasteiger partial charge in [-0.05, 0) is 85.2 Å². The first-order chi connectivity index (χ1) is 24.3. The Morgan fingerprint density at radius 3 is 2.35 bits per heavy atom. The van der Waals surface area contributed by atoms with Gasteiger partial charge in [-0.1, -0.05) is 63.0 Å². The molecule has 0 bridgehead atoms. The molecule has 2 saturated heterocycles. The van der Waals surface area contributed by atoms with Crippen LogP contribution in [0.3, 0.4) is 0 Å². The van der Waals surface area contributed by atoms with E-state index < -0.39 is 71.7 Å². The summed E-state index contributed by atoms with van der Waals surface area (Å²) in [5.74, 6) is -2.42. The maximum atomic E-state index is 14.6. The summed E-state index contributed by atoms with van der Waals surface area (Å²) in [4.78, 5) is 45.7. The van der Waals surface area contributed by atoms with Crippen molar-refractivity contribution in [2.24, 2.45) is 17.8 Å². The Bertz CT molecular complexity index is 1490. The van der Waals surface area contributed by atoms with E-state index in [1.54, 1.807) is 51.0 Å². The van der Waals surface area contributed by atoms with Crippen LogP contribution in [-0.4, -0.2) is 114 Å². The largest absolute Gasteiger partial charge is 0.455 e. The van der Waals surface area contributed by atoms with Gasteiger partial charge in [0.1, 0.15) is 18.0 Å². The zero-order valence-electron chi connectivity index (χ0n) is 32.5. The first-order valence-corrected chi connectivity index (χ1v) is 19.1. The van der Waals surface area contributed by atoms with Crippen molar-refractivity contribution in [1.29, 1.82) is 0 Å². The van der Waals surface area contributed by atoms with Gasteiger partial charge < -0.3 is 33.7 Å². The van der Waals surface area contributed by atoms with Crippen LogP contribution in [0.2, 0.25) is 10.0 Å². The van der Waals surface area contributed by atoms with Gasteiger partial charge in [0.05, 0.1) is 33.9 Å². The molecule has 2 fully saturated rings. The number of Topliss-reactive ketones (excluding diaryl/α,β-unsaturated/α-hetero) is 1. The van der Waals surface area contributed by atoms with Crippen LogP contribution in [-0.2, 0) is 39.7 Å². The van der Waals surface area contributed by atoms with Crippen LogP contribution in [0.5, 0.6) is 0 Å². The lowest BCUT2D eigenvalue weighted by Crippen LogP contribution is -2.59. The van der Waals surface area contributed by atoms with E-state index in [4.69, 9.17) is 46.9 Å². The number of ether oxygens (including phenoxy) is 5. The summed E-state index contributed by atoms with van der Waals surface area (Å²) in [5, 5.41) is 12.2.